The Balaban J connectivity index is 2.12. The highest BCUT2D eigenvalue weighted by molar-refractivity contribution is 9.10. The summed E-state index contributed by atoms with van der Waals surface area (Å²) >= 11 is 3.29. The van der Waals surface area contributed by atoms with Crippen molar-refractivity contribution < 1.29 is 17.6 Å². The lowest BCUT2D eigenvalue weighted by Gasteiger charge is -2.23. The van der Waals surface area contributed by atoms with Gasteiger partial charge in [-0.1, -0.05) is 28.1 Å². The standard InChI is InChI=1S/C17H18BrFN2O3S/c1-12(13-3-7-15(19)8-4-13)20-17(22)11-21(25(2,23)24)16-9-5-14(18)6-10-16/h3-10,12H,11H2,1-2H3,(H,20,22)/t12-/m0/s1. The molecule has 1 N–H and O–H groups in total. The van der Waals surface area contributed by atoms with Crippen molar-refractivity contribution >= 4 is 37.5 Å². The second-order valence-electron chi connectivity index (χ2n) is 5.59. The Morgan fingerprint density at radius 2 is 1.72 bits per heavy atom. The van der Waals surface area contributed by atoms with E-state index in [1.54, 1.807) is 43.3 Å². The van der Waals surface area contributed by atoms with Gasteiger partial charge in [0.1, 0.15) is 12.4 Å². The molecule has 0 spiro atoms. The largest absolute Gasteiger partial charge is 0.348 e. The van der Waals surface area contributed by atoms with Gasteiger partial charge >= 0.3 is 0 Å². The zero-order chi connectivity index (χ0) is 18.6. The van der Waals surface area contributed by atoms with Crippen LogP contribution in [0.2, 0.25) is 0 Å². The fraction of sp³-hybridized carbons (Fsp3) is 0.235. The molecule has 0 fully saturated rings. The first-order valence-corrected chi connectivity index (χ1v) is 10.1. The van der Waals surface area contributed by atoms with Gasteiger partial charge in [0.05, 0.1) is 18.0 Å². The molecule has 0 saturated carbocycles. The molecule has 2 aromatic carbocycles. The quantitative estimate of drug-likeness (QED) is 0.767. The van der Waals surface area contributed by atoms with Crippen LogP contribution in [0.1, 0.15) is 18.5 Å². The van der Waals surface area contributed by atoms with E-state index in [1.807, 2.05) is 0 Å². The Labute approximate surface area is 155 Å². The average molecular weight is 429 g/mol. The van der Waals surface area contributed by atoms with E-state index in [2.05, 4.69) is 21.2 Å². The van der Waals surface area contributed by atoms with Crippen molar-refractivity contribution in [3.8, 4) is 0 Å². The molecule has 5 nitrogen and oxygen atoms in total. The van der Waals surface area contributed by atoms with Crippen LogP contribution in [0.15, 0.2) is 53.0 Å². The monoisotopic (exact) mass is 428 g/mol. The van der Waals surface area contributed by atoms with Crippen LogP contribution < -0.4 is 9.62 Å². The number of hydrogen-bond acceptors (Lipinski definition) is 3. The van der Waals surface area contributed by atoms with E-state index in [1.165, 1.54) is 12.1 Å². The number of hydrogen-bond donors (Lipinski definition) is 1. The number of halogens is 2. The van der Waals surface area contributed by atoms with Crippen molar-refractivity contribution in [2.75, 3.05) is 17.1 Å². The molecule has 2 aromatic rings. The van der Waals surface area contributed by atoms with E-state index in [9.17, 15) is 17.6 Å². The highest BCUT2D eigenvalue weighted by atomic mass is 79.9. The zero-order valence-corrected chi connectivity index (χ0v) is 16.1. The summed E-state index contributed by atoms with van der Waals surface area (Å²) in [5, 5.41) is 2.72. The molecule has 134 valence electrons. The van der Waals surface area contributed by atoms with E-state index in [4.69, 9.17) is 0 Å². The zero-order valence-electron chi connectivity index (χ0n) is 13.7. The Bertz CT molecular complexity index is 839. The molecule has 8 heteroatoms. The van der Waals surface area contributed by atoms with Crippen LogP contribution in [-0.4, -0.2) is 27.1 Å². The average Bonchev–Trinajstić information content (AvgIpc) is 2.53. The molecule has 0 aromatic heterocycles. The lowest BCUT2D eigenvalue weighted by atomic mass is 10.1. The van der Waals surface area contributed by atoms with Gasteiger partial charge in [0.15, 0.2) is 0 Å². The number of sulfonamides is 1. The third kappa shape index (κ3) is 5.54. The molecular weight excluding hydrogens is 411 g/mol. The van der Waals surface area contributed by atoms with E-state index in [0.717, 1.165) is 20.6 Å². The van der Waals surface area contributed by atoms with Crippen molar-refractivity contribution in [3.63, 3.8) is 0 Å². The molecule has 0 aliphatic heterocycles. The van der Waals surface area contributed by atoms with Crippen LogP contribution in [0.5, 0.6) is 0 Å². The van der Waals surface area contributed by atoms with Crippen molar-refractivity contribution in [2.24, 2.45) is 0 Å². The lowest BCUT2D eigenvalue weighted by Crippen LogP contribution is -2.41. The Morgan fingerprint density at radius 3 is 2.24 bits per heavy atom. The molecule has 0 aliphatic rings. The predicted molar refractivity (Wildman–Crippen MR) is 99.3 cm³/mol. The first kappa shape index (κ1) is 19.4. The number of rotatable bonds is 6. The summed E-state index contributed by atoms with van der Waals surface area (Å²) < 4.78 is 38.9. The first-order chi connectivity index (χ1) is 11.7. The molecule has 2 rings (SSSR count). The summed E-state index contributed by atoms with van der Waals surface area (Å²) in [5.74, 6) is -0.814. The number of amides is 1. The van der Waals surface area contributed by atoms with Gasteiger partial charge in [-0.05, 0) is 48.9 Å². The highest BCUT2D eigenvalue weighted by Gasteiger charge is 2.21. The summed E-state index contributed by atoms with van der Waals surface area (Å²) in [7, 11) is -3.62. The van der Waals surface area contributed by atoms with Gasteiger partial charge in [-0.25, -0.2) is 12.8 Å². The Morgan fingerprint density at radius 1 is 1.16 bits per heavy atom. The van der Waals surface area contributed by atoms with Crippen LogP contribution in [0, 0.1) is 5.82 Å². The molecule has 25 heavy (non-hydrogen) atoms. The molecule has 1 amide bonds. The number of carbonyl (C=O) groups is 1. The number of benzene rings is 2. The van der Waals surface area contributed by atoms with Crippen LogP contribution >= 0.6 is 15.9 Å². The summed E-state index contributed by atoms with van der Waals surface area (Å²) in [6.07, 6.45) is 1.05. The number of anilines is 1. The highest BCUT2D eigenvalue weighted by Crippen LogP contribution is 2.21. The molecule has 0 heterocycles. The molecule has 0 saturated heterocycles. The topological polar surface area (TPSA) is 66.5 Å². The first-order valence-electron chi connectivity index (χ1n) is 7.45. The SMILES string of the molecule is C[C@H](NC(=O)CN(c1ccc(Br)cc1)S(C)(=O)=O)c1ccc(F)cc1. The van der Waals surface area contributed by atoms with Gasteiger partial charge in [-0.3, -0.25) is 9.10 Å². The van der Waals surface area contributed by atoms with E-state index in [-0.39, 0.29) is 18.4 Å². The Hall–Kier alpha value is -1.93. The number of nitrogens with one attached hydrogen (secondary N) is 1. The van der Waals surface area contributed by atoms with Crippen LogP contribution in [-0.2, 0) is 14.8 Å². The molecular formula is C17H18BrFN2O3S. The maximum absolute atomic E-state index is 13.0. The smallest absolute Gasteiger partial charge is 0.241 e. The summed E-state index contributed by atoms with van der Waals surface area (Å²) in [6.45, 7) is 1.40. The van der Waals surface area contributed by atoms with E-state index < -0.39 is 15.9 Å². The summed E-state index contributed by atoms with van der Waals surface area (Å²) in [5.41, 5.74) is 1.12. The Kier molecular flexibility index (Phi) is 6.18. The van der Waals surface area contributed by atoms with E-state index in [0.29, 0.717) is 5.69 Å². The minimum Gasteiger partial charge on any atom is -0.348 e. The van der Waals surface area contributed by atoms with Gasteiger partial charge in [0.25, 0.3) is 0 Å². The summed E-state index contributed by atoms with van der Waals surface area (Å²) in [4.78, 5) is 12.3. The van der Waals surface area contributed by atoms with Crippen molar-refractivity contribution in [1.82, 2.24) is 5.32 Å². The second kappa shape index (κ2) is 7.97. The minimum absolute atomic E-state index is 0.341. The van der Waals surface area contributed by atoms with Gasteiger partial charge in [0, 0.05) is 4.47 Å². The molecule has 1 atom stereocenters. The predicted octanol–water partition coefficient (Wildman–Crippen LogP) is 3.23. The normalized spacial score (nSPS) is 12.5. The van der Waals surface area contributed by atoms with E-state index >= 15 is 0 Å². The maximum Gasteiger partial charge on any atom is 0.241 e. The van der Waals surface area contributed by atoms with Gasteiger partial charge in [0.2, 0.25) is 15.9 Å². The van der Waals surface area contributed by atoms with Crippen LogP contribution in [0.3, 0.4) is 0 Å². The van der Waals surface area contributed by atoms with Gasteiger partial charge in [-0.15, -0.1) is 0 Å². The molecule has 0 aliphatic carbocycles. The van der Waals surface area contributed by atoms with Crippen molar-refractivity contribution in [3.05, 3.63) is 64.4 Å². The summed E-state index contributed by atoms with van der Waals surface area (Å²) in [6, 6.07) is 12.0. The second-order valence-corrected chi connectivity index (χ2v) is 8.41. The third-order valence-corrected chi connectivity index (χ3v) is 5.22. The van der Waals surface area contributed by atoms with Crippen molar-refractivity contribution in [1.29, 1.82) is 0 Å². The molecule has 0 radical (unpaired) electrons. The van der Waals surface area contributed by atoms with Gasteiger partial charge < -0.3 is 5.32 Å². The number of nitrogens with zero attached hydrogens (tertiary/aromatic N) is 1. The minimum atomic E-state index is -3.62. The van der Waals surface area contributed by atoms with Gasteiger partial charge in [-0.2, -0.15) is 0 Å². The fourth-order valence-electron chi connectivity index (χ4n) is 2.26. The lowest BCUT2D eigenvalue weighted by molar-refractivity contribution is -0.120. The fourth-order valence-corrected chi connectivity index (χ4v) is 3.38. The number of carbonyl (C=O) groups excluding carboxylic acids is 1. The van der Waals surface area contributed by atoms with Crippen LogP contribution in [0.25, 0.3) is 0 Å². The maximum atomic E-state index is 13.0. The van der Waals surface area contributed by atoms with Crippen LogP contribution in [0.4, 0.5) is 10.1 Å². The molecule has 0 unspecified atom stereocenters. The third-order valence-electron chi connectivity index (χ3n) is 3.55. The molecule has 0 bridgehead atoms. The van der Waals surface area contributed by atoms with Crippen molar-refractivity contribution in [2.45, 2.75) is 13.0 Å².